The predicted octanol–water partition coefficient (Wildman–Crippen LogP) is 4.23. The van der Waals surface area contributed by atoms with Gasteiger partial charge in [0, 0.05) is 18.8 Å². The van der Waals surface area contributed by atoms with E-state index in [0.29, 0.717) is 12.5 Å². The van der Waals surface area contributed by atoms with Crippen LogP contribution in [0, 0.1) is 0 Å². The molecule has 1 aliphatic heterocycles. The number of rotatable bonds is 4. The van der Waals surface area contributed by atoms with E-state index in [0.717, 1.165) is 42.9 Å². The Morgan fingerprint density at radius 2 is 2.00 bits per heavy atom. The molecular formula is C17H26N2O2. The van der Waals surface area contributed by atoms with Crippen molar-refractivity contribution in [2.75, 3.05) is 25.0 Å². The predicted molar refractivity (Wildman–Crippen MR) is 86.1 cm³/mol. The number of anilines is 1. The van der Waals surface area contributed by atoms with Gasteiger partial charge in [0.25, 0.3) is 0 Å². The lowest BCUT2D eigenvalue weighted by Crippen LogP contribution is -2.38. The fourth-order valence-corrected chi connectivity index (χ4v) is 2.66. The Hall–Kier alpha value is -1.71. The number of amides is 2. The van der Waals surface area contributed by atoms with Crippen molar-refractivity contribution in [3.8, 4) is 5.75 Å². The molecule has 4 heteroatoms. The number of carbonyl (C=O) groups is 1. The van der Waals surface area contributed by atoms with E-state index < -0.39 is 0 Å². The van der Waals surface area contributed by atoms with E-state index in [-0.39, 0.29) is 6.03 Å². The third kappa shape index (κ3) is 4.13. The number of nitrogens with zero attached hydrogens (tertiary/aromatic N) is 1. The monoisotopic (exact) mass is 290 g/mol. The highest BCUT2D eigenvalue weighted by atomic mass is 16.5. The van der Waals surface area contributed by atoms with Crippen LogP contribution in [0.3, 0.4) is 0 Å². The molecule has 1 aliphatic rings. The van der Waals surface area contributed by atoms with Crippen LogP contribution < -0.4 is 10.1 Å². The first-order chi connectivity index (χ1) is 10.1. The highest BCUT2D eigenvalue weighted by Gasteiger charge is 2.17. The van der Waals surface area contributed by atoms with Crippen LogP contribution in [-0.4, -0.2) is 30.6 Å². The second kappa shape index (κ2) is 7.34. The number of benzene rings is 1. The first kappa shape index (κ1) is 15.7. The Labute approximate surface area is 127 Å². The maximum Gasteiger partial charge on any atom is 0.321 e. The molecule has 1 fully saturated rings. The number of urea groups is 1. The van der Waals surface area contributed by atoms with E-state index in [4.69, 9.17) is 4.74 Å². The summed E-state index contributed by atoms with van der Waals surface area (Å²) in [7, 11) is 0. The molecule has 0 unspecified atom stereocenters. The molecule has 1 saturated heterocycles. The van der Waals surface area contributed by atoms with Gasteiger partial charge in [-0.15, -0.1) is 0 Å². The summed E-state index contributed by atoms with van der Waals surface area (Å²) in [5.41, 5.74) is 1.98. The molecule has 116 valence electrons. The second-order valence-electron chi connectivity index (χ2n) is 5.82. The van der Waals surface area contributed by atoms with Gasteiger partial charge >= 0.3 is 6.03 Å². The molecule has 2 rings (SSSR count). The third-order valence-corrected chi connectivity index (χ3v) is 3.83. The molecule has 0 bridgehead atoms. The van der Waals surface area contributed by atoms with Crippen molar-refractivity contribution in [1.29, 1.82) is 0 Å². The van der Waals surface area contributed by atoms with Crippen LogP contribution in [0.2, 0.25) is 0 Å². The largest absolute Gasteiger partial charge is 0.494 e. The van der Waals surface area contributed by atoms with Crippen LogP contribution in [0.1, 0.15) is 51.5 Å². The quantitative estimate of drug-likeness (QED) is 0.901. The van der Waals surface area contributed by atoms with Crippen molar-refractivity contribution >= 4 is 11.7 Å². The first-order valence-corrected chi connectivity index (χ1v) is 7.94. The van der Waals surface area contributed by atoms with Crippen molar-refractivity contribution in [2.45, 2.75) is 46.0 Å². The van der Waals surface area contributed by atoms with Crippen LogP contribution in [0.5, 0.6) is 5.75 Å². The van der Waals surface area contributed by atoms with Crippen molar-refractivity contribution < 1.29 is 9.53 Å². The van der Waals surface area contributed by atoms with E-state index in [1.807, 2.05) is 30.0 Å². The zero-order chi connectivity index (χ0) is 15.2. The number of carbonyl (C=O) groups excluding carboxylic acids is 1. The number of hydrogen-bond acceptors (Lipinski definition) is 2. The third-order valence-electron chi connectivity index (χ3n) is 3.83. The second-order valence-corrected chi connectivity index (χ2v) is 5.82. The van der Waals surface area contributed by atoms with Crippen molar-refractivity contribution in [3.63, 3.8) is 0 Å². The molecule has 0 saturated carbocycles. The lowest BCUT2D eigenvalue weighted by molar-refractivity contribution is 0.200. The highest BCUT2D eigenvalue weighted by Crippen LogP contribution is 2.29. The number of ether oxygens (including phenoxy) is 1. The molecule has 1 N–H and O–H groups in total. The Balaban J connectivity index is 2.09. The van der Waals surface area contributed by atoms with Gasteiger partial charge < -0.3 is 15.0 Å². The van der Waals surface area contributed by atoms with Gasteiger partial charge in [0.1, 0.15) is 5.75 Å². The number of hydrogen-bond donors (Lipinski definition) is 1. The van der Waals surface area contributed by atoms with Crippen LogP contribution in [-0.2, 0) is 0 Å². The van der Waals surface area contributed by atoms with Crippen LogP contribution in [0.4, 0.5) is 10.5 Å². The Morgan fingerprint density at radius 3 is 2.62 bits per heavy atom. The molecule has 1 aromatic rings. The molecule has 2 amide bonds. The van der Waals surface area contributed by atoms with E-state index in [2.05, 4.69) is 19.2 Å². The summed E-state index contributed by atoms with van der Waals surface area (Å²) >= 11 is 0. The standard InChI is InChI=1S/C17H26N2O2/c1-4-21-16-9-8-14(12-15(16)13(2)3)18-17(20)19-10-6-5-7-11-19/h8-9,12-13H,4-7,10-11H2,1-3H3,(H,18,20). The molecule has 0 atom stereocenters. The van der Waals surface area contributed by atoms with Gasteiger partial charge in [-0.2, -0.15) is 0 Å². The summed E-state index contributed by atoms with van der Waals surface area (Å²) in [5, 5.41) is 3.01. The molecule has 21 heavy (non-hydrogen) atoms. The van der Waals surface area contributed by atoms with E-state index in [1.54, 1.807) is 0 Å². The van der Waals surface area contributed by atoms with Crippen LogP contribution in [0.15, 0.2) is 18.2 Å². The van der Waals surface area contributed by atoms with Crippen molar-refractivity contribution in [1.82, 2.24) is 4.90 Å². The van der Waals surface area contributed by atoms with Crippen molar-refractivity contribution in [2.24, 2.45) is 0 Å². The van der Waals surface area contributed by atoms with E-state index in [9.17, 15) is 4.79 Å². The molecule has 0 aliphatic carbocycles. The zero-order valence-electron chi connectivity index (χ0n) is 13.3. The maximum absolute atomic E-state index is 12.2. The van der Waals surface area contributed by atoms with Gasteiger partial charge in [-0.05, 0) is 55.9 Å². The first-order valence-electron chi connectivity index (χ1n) is 7.94. The van der Waals surface area contributed by atoms with Gasteiger partial charge in [0.2, 0.25) is 0 Å². The minimum atomic E-state index is 0.00793. The van der Waals surface area contributed by atoms with Gasteiger partial charge in [-0.25, -0.2) is 4.79 Å². The molecule has 0 spiro atoms. The van der Waals surface area contributed by atoms with Crippen molar-refractivity contribution in [3.05, 3.63) is 23.8 Å². The number of piperidine rings is 1. The SMILES string of the molecule is CCOc1ccc(NC(=O)N2CCCCC2)cc1C(C)C. The Morgan fingerprint density at radius 1 is 1.29 bits per heavy atom. The average Bonchev–Trinajstić information content (AvgIpc) is 2.49. The van der Waals surface area contributed by atoms with Crippen LogP contribution >= 0.6 is 0 Å². The molecular weight excluding hydrogens is 264 g/mol. The summed E-state index contributed by atoms with van der Waals surface area (Å²) < 4.78 is 5.65. The highest BCUT2D eigenvalue weighted by molar-refractivity contribution is 5.89. The van der Waals surface area contributed by atoms with E-state index >= 15 is 0 Å². The molecule has 1 heterocycles. The molecule has 1 aromatic carbocycles. The smallest absolute Gasteiger partial charge is 0.321 e. The topological polar surface area (TPSA) is 41.6 Å². The van der Waals surface area contributed by atoms with Gasteiger partial charge in [-0.1, -0.05) is 13.8 Å². The minimum Gasteiger partial charge on any atom is -0.494 e. The van der Waals surface area contributed by atoms with Gasteiger partial charge in [-0.3, -0.25) is 0 Å². The zero-order valence-corrected chi connectivity index (χ0v) is 13.3. The normalized spacial score (nSPS) is 15.1. The molecule has 4 nitrogen and oxygen atoms in total. The molecule has 0 radical (unpaired) electrons. The number of likely N-dealkylation sites (tertiary alicyclic amines) is 1. The lowest BCUT2D eigenvalue weighted by Gasteiger charge is -2.27. The summed E-state index contributed by atoms with van der Waals surface area (Å²) in [6.45, 7) is 8.62. The summed E-state index contributed by atoms with van der Waals surface area (Å²) in [5.74, 6) is 1.27. The fraction of sp³-hybridized carbons (Fsp3) is 0.588. The fourth-order valence-electron chi connectivity index (χ4n) is 2.66. The maximum atomic E-state index is 12.2. The van der Waals surface area contributed by atoms with Gasteiger partial charge in [0.05, 0.1) is 6.61 Å². The number of nitrogens with one attached hydrogen (secondary N) is 1. The van der Waals surface area contributed by atoms with E-state index in [1.165, 1.54) is 6.42 Å². The Bertz CT molecular complexity index is 480. The lowest BCUT2D eigenvalue weighted by atomic mass is 10.0. The summed E-state index contributed by atoms with van der Waals surface area (Å²) in [6.07, 6.45) is 3.44. The minimum absolute atomic E-state index is 0.00793. The average molecular weight is 290 g/mol. The summed E-state index contributed by atoms with van der Waals surface area (Å²) in [6, 6.07) is 5.90. The summed E-state index contributed by atoms with van der Waals surface area (Å²) in [4.78, 5) is 14.1. The Kier molecular flexibility index (Phi) is 5.48. The van der Waals surface area contributed by atoms with Crippen LogP contribution in [0.25, 0.3) is 0 Å². The molecule has 0 aromatic heterocycles. The van der Waals surface area contributed by atoms with Gasteiger partial charge in [0.15, 0.2) is 0 Å².